The van der Waals surface area contributed by atoms with Crippen molar-refractivity contribution in [3.63, 3.8) is 0 Å². The van der Waals surface area contributed by atoms with Crippen molar-refractivity contribution in [2.24, 2.45) is 0 Å². The Balaban J connectivity index is 2.84. The predicted octanol–water partition coefficient (Wildman–Crippen LogP) is 1.33. The van der Waals surface area contributed by atoms with Crippen molar-refractivity contribution in [1.29, 1.82) is 5.26 Å². The van der Waals surface area contributed by atoms with Gasteiger partial charge < -0.3 is 0 Å². The van der Waals surface area contributed by atoms with Crippen LogP contribution in [-0.4, -0.2) is 19.4 Å². The Morgan fingerprint density at radius 1 is 1.36 bits per heavy atom. The third-order valence-corrected chi connectivity index (χ3v) is 2.36. The van der Waals surface area contributed by atoms with Gasteiger partial charge in [0.25, 0.3) is 0 Å². The first-order valence-corrected chi connectivity index (χ1v) is 5.12. The van der Waals surface area contributed by atoms with Gasteiger partial charge in [-0.1, -0.05) is 0 Å². The van der Waals surface area contributed by atoms with Crippen molar-refractivity contribution in [3.8, 4) is 4.97 Å². The van der Waals surface area contributed by atoms with Gasteiger partial charge in [-0.2, -0.15) is 0 Å². The van der Waals surface area contributed by atoms with E-state index in [2.05, 4.69) is 24.0 Å². The second kappa shape index (κ2) is 4.08. The molecule has 0 aliphatic heterocycles. The normalized spacial score (nSPS) is 9.82. The van der Waals surface area contributed by atoms with Crippen LogP contribution in [-0.2, 0) is 0 Å². The summed E-state index contributed by atoms with van der Waals surface area (Å²) >= 11 is -0.00470. The number of nitriles is 1. The zero-order valence-corrected chi connectivity index (χ0v) is 7.96. The van der Waals surface area contributed by atoms with Gasteiger partial charge >= 0.3 is 72.0 Å². The average molecular weight is 209 g/mol. The molecule has 2 heteroatoms. The average Bonchev–Trinajstić information content (AvgIpc) is 2.04. The number of benzene rings is 1. The molecule has 55 valence electrons. The molecule has 0 aliphatic rings. The second-order valence-electron chi connectivity index (χ2n) is 2.24. The molecule has 11 heavy (non-hydrogen) atoms. The molecule has 0 heterocycles. The fourth-order valence-electron chi connectivity index (χ4n) is 0.739. The fourth-order valence-corrected chi connectivity index (χ4v) is 1.47. The molecule has 0 amide bonds. The number of nitrogens with zero attached hydrogens (tertiary/aromatic N) is 1. The molecular weight excluding hydrogens is 201 g/mol. The van der Waals surface area contributed by atoms with Crippen molar-refractivity contribution in [2.75, 3.05) is 0 Å². The van der Waals surface area contributed by atoms with Crippen LogP contribution in [0.4, 0.5) is 0 Å². The van der Waals surface area contributed by atoms with E-state index < -0.39 is 0 Å². The molecule has 1 rings (SSSR count). The van der Waals surface area contributed by atoms with Gasteiger partial charge in [0.05, 0.1) is 0 Å². The number of hydrogen-bond acceptors (Lipinski definition) is 1. The summed E-state index contributed by atoms with van der Waals surface area (Å²) in [6.45, 7) is 2.05. The SMILES string of the molecule is Cc1ccc(C=[Se]C#N)cc1. The van der Waals surface area contributed by atoms with E-state index >= 15 is 0 Å². The van der Waals surface area contributed by atoms with Crippen LogP contribution < -0.4 is 0 Å². The summed E-state index contributed by atoms with van der Waals surface area (Å²) < 4.78 is 0. The molecule has 0 atom stereocenters. The molecule has 0 fully saturated rings. The van der Waals surface area contributed by atoms with E-state index in [0.29, 0.717) is 0 Å². The first-order valence-electron chi connectivity index (χ1n) is 3.27. The van der Waals surface area contributed by atoms with E-state index in [9.17, 15) is 0 Å². The van der Waals surface area contributed by atoms with Gasteiger partial charge in [0.2, 0.25) is 0 Å². The van der Waals surface area contributed by atoms with Crippen LogP contribution in [0.5, 0.6) is 0 Å². The van der Waals surface area contributed by atoms with E-state index in [1.165, 1.54) is 5.56 Å². The van der Waals surface area contributed by atoms with Crippen LogP contribution in [0.15, 0.2) is 24.3 Å². The van der Waals surface area contributed by atoms with Gasteiger partial charge in [0.15, 0.2) is 0 Å². The summed E-state index contributed by atoms with van der Waals surface area (Å²) in [7, 11) is 0. The molecule has 0 aliphatic carbocycles. The molecule has 0 saturated heterocycles. The number of rotatable bonds is 1. The Hall–Kier alpha value is -0.901. The summed E-state index contributed by atoms with van der Waals surface area (Å²) in [5.74, 6) is 0. The van der Waals surface area contributed by atoms with Crippen molar-refractivity contribution in [1.82, 2.24) is 0 Å². The van der Waals surface area contributed by atoms with Gasteiger partial charge in [-0.3, -0.25) is 0 Å². The summed E-state index contributed by atoms with van der Waals surface area (Å²) in [5, 5.41) is 8.33. The van der Waals surface area contributed by atoms with Crippen molar-refractivity contribution < 1.29 is 0 Å². The van der Waals surface area contributed by atoms with Crippen molar-refractivity contribution >= 4 is 19.4 Å². The van der Waals surface area contributed by atoms with Crippen LogP contribution in [0.25, 0.3) is 0 Å². The van der Waals surface area contributed by atoms with Crippen LogP contribution in [0, 0.1) is 17.2 Å². The Morgan fingerprint density at radius 3 is 2.55 bits per heavy atom. The van der Waals surface area contributed by atoms with Gasteiger partial charge in [-0.05, 0) is 0 Å². The standard InChI is InChI=1S/C9H8NSe/c1-8-2-4-9(5-3-8)6-11-7-10/h2-6H,1H3. The molecule has 1 aromatic carbocycles. The second-order valence-corrected chi connectivity index (χ2v) is 3.61. The third kappa shape index (κ3) is 2.67. The topological polar surface area (TPSA) is 23.8 Å². The van der Waals surface area contributed by atoms with Gasteiger partial charge in [0.1, 0.15) is 0 Å². The maximum absolute atomic E-state index is 8.33. The predicted molar refractivity (Wildman–Crippen MR) is 47.7 cm³/mol. The van der Waals surface area contributed by atoms with Crippen LogP contribution >= 0.6 is 0 Å². The van der Waals surface area contributed by atoms with Crippen LogP contribution in [0.2, 0.25) is 0 Å². The Labute approximate surface area is 72.4 Å². The van der Waals surface area contributed by atoms with Gasteiger partial charge in [-0.15, -0.1) is 0 Å². The summed E-state index contributed by atoms with van der Waals surface area (Å²) in [6.07, 6.45) is 0. The zero-order chi connectivity index (χ0) is 8.10. The fraction of sp³-hybridized carbons (Fsp3) is 0.111. The molecule has 0 unspecified atom stereocenters. The molecule has 1 aromatic rings. The summed E-state index contributed by atoms with van der Waals surface area (Å²) in [4.78, 5) is 4.12. The molecule has 0 saturated carbocycles. The minimum atomic E-state index is -0.00470. The Morgan fingerprint density at radius 2 is 2.00 bits per heavy atom. The Bertz CT molecular complexity index is 292. The van der Waals surface area contributed by atoms with E-state index in [1.807, 2.05) is 17.1 Å². The number of hydrogen-bond donors (Lipinski definition) is 0. The number of aryl methyl sites for hydroxylation is 1. The van der Waals surface area contributed by atoms with Crippen molar-refractivity contribution in [2.45, 2.75) is 6.92 Å². The first kappa shape index (κ1) is 8.20. The first-order chi connectivity index (χ1) is 5.33. The zero-order valence-electron chi connectivity index (χ0n) is 6.24. The molecule has 1 nitrogen and oxygen atoms in total. The molecule has 0 bridgehead atoms. The molecule has 0 spiro atoms. The maximum atomic E-state index is 8.33. The quantitative estimate of drug-likeness (QED) is 0.640. The minimum absolute atomic E-state index is 0.00470. The van der Waals surface area contributed by atoms with Crippen LogP contribution in [0.1, 0.15) is 11.1 Å². The van der Waals surface area contributed by atoms with E-state index in [4.69, 9.17) is 5.26 Å². The monoisotopic (exact) mass is 210 g/mol. The molecule has 0 N–H and O–H groups in total. The van der Waals surface area contributed by atoms with Gasteiger partial charge in [0, 0.05) is 0 Å². The summed E-state index contributed by atoms with van der Waals surface area (Å²) in [5.41, 5.74) is 2.41. The van der Waals surface area contributed by atoms with Crippen molar-refractivity contribution in [3.05, 3.63) is 35.4 Å². The summed E-state index contributed by atoms with van der Waals surface area (Å²) in [6, 6.07) is 8.18. The van der Waals surface area contributed by atoms with E-state index in [-0.39, 0.29) is 14.5 Å². The molecule has 1 radical (unpaired) electrons. The van der Waals surface area contributed by atoms with Gasteiger partial charge in [-0.25, -0.2) is 0 Å². The van der Waals surface area contributed by atoms with E-state index in [1.54, 1.807) is 0 Å². The van der Waals surface area contributed by atoms with E-state index in [0.717, 1.165) is 5.56 Å². The Kier molecular flexibility index (Phi) is 3.04. The van der Waals surface area contributed by atoms with Crippen LogP contribution in [0.3, 0.4) is 0 Å². The third-order valence-electron chi connectivity index (χ3n) is 1.33. The molecular formula is C9H8NSe. The molecule has 0 aromatic heterocycles.